The number of rotatable bonds is 3. The van der Waals surface area contributed by atoms with Crippen molar-refractivity contribution < 1.29 is 20.7 Å². The first-order valence-corrected chi connectivity index (χ1v) is 5.25. The van der Waals surface area contributed by atoms with Crippen LogP contribution >= 0.6 is 0 Å². The molecule has 96 valence electrons. The van der Waals surface area contributed by atoms with Gasteiger partial charge in [-0.2, -0.15) is 15.2 Å². The Kier molecular flexibility index (Phi) is 4.24. The predicted octanol–water partition coefficient (Wildman–Crippen LogP) is -0.441. The minimum Gasteiger partial charge on any atom is -0.373 e. The number of hydrogen-bond donors (Lipinski definition) is 4. The van der Waals surface area contributed by atoms with Gasteiger partial charge in [0.05, 0.1) is 0 Å². The van der Waals surface area contributed by atoms with E-state index in [0.717, 1.165) is 15.2 Å². The van der Waals surface area contributed by atoms with E-state index in [4.69, 9.17) is 0 Å². The molecule has 0 aromatic carbocycles. The number of nitrogens with zero attached hydrogens (tertiary/aromatic N) is 3. The third kappa shape index (κ3) is 2.89. The van der Waals surface area contributed by atoms with Crippen LogP contribution in [0.3, 0.4) is 0 Å². The third-order valence-electron chi connectivity index (χ3n) is 3.33. The molecule has 16 heavy (non-hydrogen) atoms. The lowest BCUT2D eigenvalue weighted by Crippen LogP contribution is -2.58. The van der Waals surface area contributed by atoms with Crippen LogP contribution in [0, 0.1) is 0 Å². The van der Waals surface area contributed by atoms with Crippen LogP contribution in [-0.2, 0) is 0 Å². The molecule has 1 saturated carbocycles. The van der Waals surface area contributed by atoms with Crippen molar-refractivity contribution in [3.05, 3.63) is 0 Å². The molecule has 0 amide bonds. The summed E-state index contributed by atoms with van der Waals surface area (Å²) < 4.78 is 0. The fourth-order valence-electron chi connectivity index (χ4n) is 2.15. The number of hydrogen-bond acceptors (Lipinski definition) is 7. The number of aliphatic hydroxyl groups is 1. The van der Waals surface area contributed by atoms with Crippen LogP contribution in [0.25, 0.3) is 0 Å². The quantitative estimate of drug-likeness (QED) is 0.389. The van der Waals surface area contributed by atoms with Gasteiger partial charge >= 0.3 is 0 Å². The van der Waals surface area contributed by atoms with Gasteiger partial charge in [0, 0.05) is 46.1 Å². The normalized spacial score (nSPS) is 36.4. The standard InChI is InChI=1S/C9H21N3O4/c1-10(14)7-4-8(11(2)15)6-9(13,5-7)12(3)16/h7-8,13-16H,4-6H2,1-3H3. The van der Waals surface area contributed by atoms with Crippen LogP contribution in [0.4, 0.5) is 0 Å². The third-order valence-corrected chi connectivity index (χ3v) is 3.33. The monoisotopic (exact) mass is 235 g/mol. The van der Waals surface area contributed by atoms with Crippen molar-refractivity contribution in [2.24, 2.45) is 0 Å². The van der Waals surface area contributed by atoms with E-state index >= 15 is 0 Å². The zero-order chi connectivity index (χ0) is 12.5. The highest BCUT2D eigenvalue weighted by atomic mass is 16.5. The van der Waals surface area contributed by atoms with Crippen molar-refractivity contribution in [2.75, 3.05) is 21.1 Å². The summed E-state index contributed by atoms with van der Waals surface area (Å²) >= 11 is 0. The van der Waals surface area contributed by atoms with Gasteiger partial charge in [0.2, 0.25) is 0 Å². The van der Waals surface area contributed by atoms with Gasteiger partial charge in [-0.3, -0.25) is 0 Å². The summed E-state index contributed by atoms with van der Waals surface area (Å²) in [5, 5.41) is 41.2. The van der Waals surface area contributed by atoms with Gasteiger partial charge in [0.15, 0.2) is 0 Å². The maximum absolute atomic E-state index is 10.2. The molecule has 0 bridgehead atoms. The molecule has 0 aliphatic heterocycles. The zero-order valence-electron chi connectivity index (χ0n) is 9.91. The summed E-state index contributed by atoms with van der Waals surface area (Å²) in [7, 11) is 4.33. The maximum Gasteiger partial charge on any atom is 0.143 e. The molecule has 2 atom stereocenters. The first-order valence-electron chi connectivity index (χ1n) is 5.25. The van der Waals surface area contributed by atoms with Gasteiger partial charge in [-0.15, -0.1) is 0 Å². The first-order chi connectivity index (χ1) is 7.26. The lowest BCUT2D eigenvalue weighted by Gasteiger charge is -2.45. The molecular formula is C9H21N3O4. The van der Waals surface area contributed by atoms with E-state index in [2.05, 4.69) is 0 Å². The van der Waals surface area contributed by atoms with E-state index in [9.17, 15) is 20.7 Å². The van der Waals surface area contributed by atoms with Crippen molar-refractivity contribution in [3.8, 4) is 0 Å². The van der Waals surface area contributed by atoms with Gasteiger partial charge in [0.1, 0.15) is 5.72 Å². The summed E-state index contributed by atoms with van der Waals surface area (Å²) in [5.74, 6) is 0. The molecule has 0 saturated heterocycles. The highest BCUT2D eigenvalue weighted by molar-refractivity contribution is 4.92. The molecule has 0 heterocycles. The van der Waals surface area contributed by atoms with Gasteiger partial charge in [-0.1, -0.05) is 0 Å². The Morgan fingerprint density at radius 2 is 1.31 bits per heavy atom. The van der Waals surface area contributed by atoms with Gasteiger partial charge < -0.3 is 20.7 Å². The Balaban J connectivity index is 2.82. The smallest absolute Gasteiger partial charge is 0.143 e. The van der Waals surface area contributed by atoms with Gasteiger partial charge in [-0.25, -0.2) is 0 Å². The van der Waals surface area contributed by atoms with E-state index in [-0.39, 0.29) is 24.9 Å². The van der Waals surface area contributed by atoms with Crippen LogP contribution in [0.15, 0.2) is 0 Å². The highest BCUT2D eigenvalue weighted by Gasteiger charge is 2.44. The summed E-state index contributed by atoms with van der Waals surface area (Å²) in [6.45, 7) is 0. The van der Waals surface area contributed by atoms with Gasteiger partial charge in [-0.05, 0) is 6.42 Å². The fraction of sp³-hybridized carbons (Fsp3) is 1.00. The maximum atomic E-state index is 10.2. The van der Waals surface area contributed by atoms with Crippen LogP contribution in [0.2, 0.25) is 0 Å². The van der Waals surface area contributed by atoms with E-state index in [0.29, 0.717) is 6.42 Å². The van der Waals surface area contributed by atoms with Crippen LogP contribution in [0.1, 0.15) is 19.3 Å². The molecule has 1 rings (SSSR count). The number of hydroxylamine groups is 6. The zero-order valence-corrected chi connectivity index (χ0v) is 9.91. The first kappa shape index (κ1) is 13.8. The molecule has 1 aliphatic rings. The lowest BCUT2D eigenvalue weighted by molar-refractivity contribution is -0.290. The summed E-state index contributed by atoms with van der Waals surface area (Å²) in [4.78, 5) is 0. The summed E-state index contributed by atoms with van der Waals surface area (Å²) in [6.07, 6.45) is 0.963. The van der Waals surface area contributed by atoms with Crippen molar-refractivity contribution in [1.82, 2.24) is 15.2 Å². The fourth-order valence-corrected chi connectivity index (χ4v) is 2.15. The van der Waals surface area contributed by atoms with Crippen LogP contribution in [-0.4, -0.2) is 74.9 Å². The van der Waals surface area contributed by atoms with Crippen LogP contribution in [0.5, 0.6) is 0 Å². The second-order valence-corrected chi connectivity index (χ2v) is 4.60. The van der Waals surface area contributed by atoms with Crippen molar-refractivity contribution in [2.45, 2.75) is 37.1 Å². The Bertz CT molecular complexity index is 219. The van der Waals surface area contributed by atoms with Crippen molar-refractivity contribution in [1.29, 1.82) is 0 Å². The Labute approximate surface area is 95.0 Å². The van der Waals surface area contributed by atoms with Crippen molar-refractivity contribution >= 4 is 0 Å². The summed E-state index contributed by atoms with van der Waals surface area (Å²) in [6, 6.07) is -0.624. The average Bonchev–Trinajstić information content (AvgIpc) is 2.16. The lowest BCUT2D eigenvalue weighted by atomic mass is 9.84. The molecule has 0 aromatic heterocycles. The minimum atomic E-state index is -1.43. The molecule has 1 aliphatic carbocycles. The molecule has 4 N–H and O–H groups in total. The van der Waals surface area contributed by atoms with Crippen LogP contribution < -0.4 is 0 Å². The largest absolute Gasteiger partial charge is 0.373 e. The molecule has 0 spiro atoms. The van der Waals surface area contributed by atoms with Crippen molar-refractivity contribution in [3.63, 3.8) is 0 Å². The summed E-state index contributed by atoms with van der Waals surface area (Å²) in [5.41, 5.74) is -1.43. The van der Waals surface area contributed by atoms with E-state index in [1.54, 1.807) is 0 Å². The molecule has 1 fully saturated rings. The molecular weight excluding hydrogens is 214 g/mol. The average molecular weight is 235 g/mol. The highest BCUT2D eigenvalue weighted by Crippen LogP contribution is 2.33. The molecule has 7 nitrogen and oxygen atoms in total. The predicted molar refractivity (Wildman–Crippen MR) is 55.0 cm³/mol. The topological polar surface area (TPSA) is 90.6 Å². The molecule has 7 heteroatoms. The Morgan fingerprint density at radius 3 is 1.56 bits per heavy atom. The molecule has 2 unspecified atom stereocenters. The van der Waals surface area contributed by atoms with E-state index in [1.165, 1.54) is 21.1 Å². The second kappa shape index (κ2) is 4.92. The SMILES string of the molecule is CN(O)C1CC(N(C)O)CC(O)(N(C)O)C1. The van der Waals surface area contributed by atoms with E-state index in [1.807, 2.05) is 0 Å². The Hall–Kier alpha value is -0.280. The Morgan fingerprint density at radius 1 is 0.938 bits per heavy atom. The second-order valence-electron chi connectivity index (χ2n) is 4.60. The minimum absolute atomic E-state index is 0.220. The molecule has 0 aromatic rings. The van der Waals surface area contributed by atoms with Gasteiger partial charge in [0.25, 0.3) is 0 Å². The van der Waals surface area contributed by atoms with E-state index < -0.39 is 5.72 Å². The molecule has 0 radical (unpaired) electrons.